The van der Waals surface area contributed by atoms with Crippen LogP contribution in [-0.2, 0) is 6.42 Å². The van der Waals surface area contributed by atoms with Gasteiger partial charge in [0.25, 0.3) is 11.6 Å². The number of amides is 1. The Kier molecular flexibility index (Phi) is 5.22. The molecule has 4 rings (SSSR count). The molecule has 0 aromatic heterocycles. The normalized spacial score (nSPS) is 12.5. The van der Waals surface area contributed by atoms with E-state index in [0.717, 1.165) is 23.5 Å². The first kappa shape index (κ1) is 19.0. The molecule has 29 heavy (non-hydrogen) atoms. The van der Waals surface area contributed by atoms with Gasteiger partial charge in [0, 0.05) is 34.6 Å². The summed E-state index contributed by atoms with van der Waals surface area (Å²) in [5.41, 5.74) is 4.02. The van der Waals surface area contributed by atoms with Crippen molar-refractivity contribution in [2.75, 3.05) is 23.0 Å². The maximum Gasteiger partial charge on any atom is 0.282 e. The van der Waals surface area contributed by atoms with Gasteiger partial charge in [0.2, 0.25) is 0 Å². The number of nitrogens with zero attached hydrogens (tertiary/aromatic N) is 2. The van der Waals surface area contributed by atoms with Crippen molar-refractivity contribution in [3.05, 3.63) is 88.0 Å². The highest BCUT2D eigenvalue weighted by atomic mass is 32.2. The van der Waals surface area contributed by atoms with Crippen molar-refractivity contribution < 1.29 is 9.72 Å². The van der Waals surface area contributed by atoms with Crippen LogP contribution in [0.3, 0.4) is 0 Å². The Hall–Kier alpha value is -3.32. The Morgan fingerprint density at radius 3 is 2.59 bits per heavy atom. The number of rotatable bonds is 5. The molecule has 0 saturated carbocycles. The molecule has 3 aromatic rings. The third kappa shape index (κ3) is 3.82. The van der Waals surface area contributed by atoms with Crippen molar-refractivity contribution in [2.24, 2.45) is 0 Å². The third-order valence-corrected chi connectivity index (χ3v) is 5.69. The first-order valence-electron chi connectivity index (χ1n) is 9.16. The van der Waals surface area contributed by atoms with E-state index < -0.39 is 10.8 Å². The monoisotopic (exact) mass is 405 g/mol. The van der Waals surface area contributed by atoms with Crippen LogP contribution in [-0.4, -0.2) is 23.6 Å². The lowest BCUT2D eigenvalue weighted by atomic mass is 10.1. The lowest BCUT2D eigenvalue weighted by molar-refractivity contribution is -0.385. The highest BCUT2D eigenvalue weighted by Crippen LogP contribution is 2.34. The molecular formula is C22H19N3O3S. The second kappa shape index (κ2) is 7.97. The van der Waals surface area contributed by atoms with Gasteiger partial charge in [0.15, 0.2) is 0 Å². The summed E-state index contributed by atoms with van der Waals surface area (Å²) < 4.78 is 0. The number of carbonyl (C=O) groups excluding carboxylic acids is 1. The number of carbonyl (C=O) groups is 1. The van der Waals surface area contributed by atoms with Crippen molar-refractivity contribution in [2.45, 2.75) is 11.3 Å². The number of benzene rings is 3. The van der Waals surface area contributed by atoms with Gasteiger partial charge >= 0.3 is 0 Å². The van der Waals surface area contributed by atoms with Gasteiger partial charge in [-0.1, -0.05) is 18.2 Å². The quantitative estimate of drug-likeness (QED) is 0.356. The first-order valence-corrected chi connectivity index (χ1v) is 10.4. The second-order valence-corrected chi connectivity index (χ2v) is 7.55. The molecular weight excluding hydrogens is 386 g/mol. The maximum absolute atomic E-state index is 12.7. The van der Waals surface area contributed by atoms with Gasteiger partial charge in [0.05, 0.1) is 4.92 Å². The average molecular weight is 405 g/mol. The van der Waals surface area contributed by atoms with Gasteiger partial charge < -0.3 is 10.2 Å². The predicted molar refractivity (Wildman–Crippen MR) is 116 cm³/mol. The molecule has 1 heterocycles. The van der Waals surface area contributed by atoms with E-state index in [-0.39, 0.29) is 11.3 Å². The second-order valence-electron chi connectivity index (χ2n) is 6.67. The van der Waals surface area contributed by atoms with Crippen molar-refractivity contribution in [3.8, 4) is 0 Å². The summed E-state index contributed by atoms with van der Waals surface area (Å²) in [7, 11) is 0. The molecule has 6 nitrogen and oxygen atoms in total. The fourth-order valence-corrected chi connectivity index (χ4v) is 3.95. The first-order chi connectivity index (χ1) is 14.1. The van der Waals surface area contributed by atoms with E-state index in [1.807, 2.05) is 42.7 Å². The van der Waals surface area contributed by atoms with Crippen molar-refractivity contribution in [3.63, 3.8) is 0 Å². The SMILES string of the molecule is CSc1ccc([N+](=O)[O-])c(C(=O)Nc2ccc(N3CCc4ccccc43)cc2)c1. The highest BCUT2D eigenvalue weighted by molar-refractivity contribution is 7.98. The van der Waals surface area contributed by atoms with Crippen LogP contribution in [0.2, 0.25) is 0 Å². The minimum atomic E-state index is -0.535. The topological polar surface area (TPSA) is 75.5 Å². The number of fused-ring (bicyclic) bond motifs is 1. The Morgan fingerprint density at radius 1 is 1.10 bits per heavy atom. The van der Waals surface area contributed by atoms with Crippen LogP contribution in [0.1, 0.15) is 15.9 Å². The molecule has 146 valence electrons. The maximum atomic E-state index is 12.7. The largest absolute Gasteiger partial charge is 0.341 e. The minimum Gasteiger partial charge on any atom is -0.341 e. The van der Waals surface area contributed by atoms with Crippen LogP contribution < -0.4 is 10.2 Å². The molecule has 1 aliphatic heterocycles. The molecule has 0 spiro atoms. The Labute approximate surface area is 172 Å². The Balaban J connectivity index is 1.54. The molecule has 0 saturated heterocycles. The average Bonchev–Trinajstić information content (AvgIpc) is 3.18. The van der Waals surface area contributed by atoms with Crippen LogP contribution in [0.5, 0.6) is 0 Å². The molecule has 1 amide bonds. The molecule has 0 atom stereocenters. The fourth-order valence-electron chi connectivity index (χ4n) is 3.51. The number of hydrogen-bond acceptors (Lipinski definition) is 5. The predicted octanol–water partition coefficient (Wildman–Crippen LogP) is 5.26. The summed E-state index contributed by atoms with van der Waals surface area (Å²) in [6.45, 7) is 0.915. The molecule has 0 bridgehead atoms. The molecule has 0 fully saturated rings. The van der Waals surface area contributed by atoms with Crippen molar-refractivity contribution in [1.82, 2.24) is 0 Å². The van der Waals surface area contributed by atoms with E-state index in [1.54, 1.807) is 12.1 Å². The van der Waals surface area contributed by atoms with Crippen LogP contribution in [0.25, 0.3) is 0 Å². The van der Waals surface area contributed by atoms with E-state index in [2.05, 4.69) is 22.3 Å². The molecule has 7 heteroatoms. The summed E-state index contributed by atoms with van der Waals surface area (Å²) in [4.78, 5) is 26.5. The van der Waals surface area contributed by atoms with E-state index in [0.29, 0.717) is 5.69 Å². The summed E-state index contributed by atoms with van der Waals surface area (Å²) in [6.07, 6.45) is 2.86. The zero-order valence-corrected chi connectivity index (χ0v) is 16.6. The van der Waals surface area contributed by atoms with E-state index >= 15 is 0 Å². The van der Waals surface area contributed by atoms with Gasteiger partial charge in [-0.3, -0.25) is 14.9 Å². The number of hydrogen-bond donors (Lipinski definition) is 1. The van der Waals surface area contributed by atoms with Gasteiger partial charge in [-0.2, -0.15) is 0 Å². The number of nitrogens with one attached hydrogen (secondary N) is 1. The zero-order chi connectivity index (χ0) is 20.4. The lowest BCUT2D eigenvalue weighted by Crippen LogP contribution is -2.15. The van der Waals surface area contributed by atoms with E-state index in [9.17, 15) is 14.9 Å². The number of thioether (sulfide) groups is 1. The Morgan fingerprint density at radius 2 is 1.86 bits per heavy atom. The van der Waals surface area contributed by atoms with E-state index in [1.165, 1.54) is 29.1 Å². The van der Waals surface area contributed by atoms with Crippen LogP contribution >= 0.6 is 11.8 Å². The molecule has 1 N–H and O–H groups in total. The van der Waals surface area contributed by atoms with Gasteiger partial charge in [0.1, 0.15) is 5.56 Å². The highest BCUT2D eigenvalue weighted by Gasteiger charge is 2.22. The minimum absolute atomic E-state index is 0.0550. The number of nitro benzene ring substituents is 1. The van der Waals surface area contributed by atoms with Crippen LogP contribution in [0.15, 0.2) is 71.6 Å². The lowest BCUT2D eigenvalue weighted by Gasteiger charge is -2.20. The van der Waals surface area contributed by atoms with Crippen molar-refractivity contribution in [1.29, 1.82) is 0 Å². The van der Waals surface area contributed by atoms with Gasteiger partial charge in [-0.05, 0) is 60.7 Å². The van der Waals surface area contributed by atoms with Crippen LogP contribution in [0, 0.1) is 10.1 Å². The van der Waals surface area contributed by atoms with Crippen LogP contribution in [0.4, 0.5) is 22.7 Å². The number of anilines is 3. The molecule has 0 radical (unpaired) electrons. The molecule has 0 unspecified atom stereocenters. The fraction of sp³-hybridized carbons (Fsp3) is 0.136. The Bertz CT molecular complexity index is 1080. The number of nitro groups is 1. The molecule has 0 aliphatic carbocycles. The summed E-state index contributed by atoms with van der Waals surface area (Å²) in [5.74, 6) is -0.494. The third-order valence-electron chi connectivity index (χ3n) is 4.97. The van der Waals surface area contributed by atoms with E-state index in [4.69, 9.17) is 0 Å². The van der Waals surface area contributed by atoms with Gasteiger partial charge in [-0.15, -0.1) is 11.8 Å². The standard InChI is InChI=1S/C22H19N3O3S/c1-29-18-10-11-21(25(27)28)19(14-18)22(26)23-16-6-8-17(9-7-16)24-13-12-15-4-2-3-5-20(15)24/h2-11,14H,12-13H2,1H3,(H,23,26). The van der Waals surface area contributed by atoms with Crippen molar-refractivity contribution >= 4 is 40.4 Å². The summed E-state index contributed by atoms with van der Waals surface area (Å²) >= 11 is 1.43. The summed E-state index contributed by atoms with van der Waals surface area (Å²) in [6, 6.07) is 20.4. The summed E-state index contributed by atoms with van der Waals surface area (Å²) in [5, 5.41) is 14.1. The smallest absolute Gasteiger partial charge is 0.282 e. The number of para-hydroxylation sites is 1. The van der Waals surface area contributed by atoms with Gasteiger partial charge in [-0.25, -0.2) is 0 Å². The molecule has 1 aliphatic rings. The zero-order valence-electron chi connectivity index (χ0n) is 15.8. The molecule has 3 aromatic carbocycles.